The van der Waals surface area contributed by atoms with Gasteiger partial charge in [-0.15, -0.1) is 0 Å². The topological polar surface area (TPSA) is 119 Å². The lowest BCUT2D eigenvalue weighted by molar-refractivity contribution is -0.161. The van der Waals surface area contributed by atoms with E-state index in [9.17, 15) is 14.2 Å². The monoisotopic (exact) mass is 845 g/mol. The van der Waals surface area contributed by atoms with Crippen molar-refractivity contribution in [2.45, 2.75) is 290 Å². The summed E-state index contributed by atoms with van der Waals surface area (Å²) in [6.07, 6.45) is 51.2. The maximum Gasteiger partial charge on any atom is 0.469 e. The van der Waals surface area contributed by atoms with Crippen LogP contribution in [0.15, 0.2) is 0 Å². The first kappa shape index (κ1) is 57.1. The van der Waals surface area contributed by atoms with Crippen LogP contribution in [0.4, 0.5) is 0 Å². The van der Waals surface area contributed by atoms with E-state index >= 15 is 0 Å². The van der Waals surface area contributed by atoms with Gasteiger partial charge in [-0.2, -0.15) is 0 Å². The van der Waals surface area contributed by atoms with Crippen molar-refractivity contribution >= 4 is 19.8 Å². The van der Waals surface area contributed by atoms with Gasteiger partial charge in [-0.3, -0.25) is 14.1 Å². The minimum absolute atomic E-state index is 0.221. The molecule has 0 aliphatic carbocycles. The minimum Gasteiger partial charge on any atom is -0.462 e. The van der Waals surface area contributed by atoms with Crippen LogP contribution in [-0.4, -0.2) is 41.0 Å². The molecule has 0 rings (SSSR count). The number of phosphoric ester groups is 1. The van der Waals surface area contributed by atoms with E-state index in [0.29, 0.717) is 6.42 Å². The number of carbonyl (C=O) groups excluding carboxylic acids is 2. The Morgan fingerprint density at radius 3 is 0.879 bits per heavy atom. The van der Waals surface area contributed by atoms with Crippen LogP contribution in [0.5, 0.6) is 0 Å². The van der Waals surface area contributed by atoms with E-state index in [-0.39, 0.29) is 19.4 Å². The maximum atomic E-state index is 12.5. The summed E-state index contributed by atoms with van der Waals surface area (Å²) in [5, 5.41) is 0. The van der Waals surface area contributed by atoms with Crippen LogP contribution in [0.3, 0.4) is 0 Å². The van der Waals surface area contributed by atoms with Gasteiger partial charge < -0.3 is 19.3 Å². The molecule has 0 radical (unpaired) electrons. The summed E-state index contributed by atoms with van der Waals surface area (Å²) in [5.41, 5.74) is 0. The molecule has 9 heteroatoms. The molecule has 0 aromatic heterocycles. The highest BCUT2D eigenvalue weighted by Crippen LogP contribution is 2.36. The van der Waals surface area contributed by atoms with E-state index in [1.807, 2.05) is 0 Å². The van der Waals surface area contributed by atoms with Crippen LogP contribution in [-0.2, 0) is 28.2 Å². The second-order valence-corrected chi connectivity index (χ2v) is 18.8. The van der Waals surface area contributed by atoms with Crippen molar-refractivity contribution in [1.82, 2.24) is 0 Å². The van der Waals surface area contributed by atoms with Gasteiger partial charge in [-0.05, 0) is 12.8 Å². The predicted molar refractivity (Wildman–Crippen MR) is 244 cm³/mol. The second kappa shape index (κ2) is 45.6. The molecule has 0 amide bonds. The molecule has 1 atom stereocenters. The fourth-order valence-corrected chi connectivity index (χ4v) is 8.21. The van der Waals surface area contributed by atoms with E-state index in [4.69, 9.17) is 19.3 Å². The Hall–Kier alpha value is -0.950. The lowest BCUT2D eigenvalue weighted by Gasteiger charge is -2.18. The molecule has 0 saturated heterocycles. The molecule has 8 nitrogen and oxygen atoms in total. The number of rotatable bonds is 48. The maximum absolute atomic E-state index is 12.5. The summed E-state index contributed by atoms with van der Waals surface area (Å²) >= 11 is 0. The smallest absolute Gasteiger partial charge is 0.462 e. The largest absolute Gasteiger partial charge is 0.469 e. The first-order valence-electron chi connectivity index (χ1n) is 25.3. The highest BCUT2D eigenvalue weighted by Gasteiger charge is 2.23. The lowest BCUT2D eigenvalue weighted by Crippen LogP contribution is -2.29. The summed E-state index contributed by atoms with van der Waals surface area (Å²) in [6.45, 7) is 3.75. The van der Waals surface area contributed by atoms with Gasteiger partial charge in [0.15, 0.2) is 6.10 Å². The van der Waals surface area contributed by atoms with Gasteiger partial charge in [-0.1, -0.05) is 258 Å². The Morgan fingerprint density at radius 2 is 0.621 bits per heavy atom. The Morgan fingerprint density at radius 1 is 0.379 bits per heavy atom. The number of ether oxygens (including phenoxy) is 2. The Labute approximate surface area is 359 Å². The summed E-state index contributed by atoms with van der Waals surface area (Å²) in [6, 6.07) is 0. The molecule has 0 aromatic rings. The van der Waals surface area contributed by atoms with E-state index in [2.05, 4.69) is 18.4 Å². The normalized spacial score (nSPS) is 12.3. The average molecular weight is 845 g/mol. The Bertz CT molecular complexity index is 909. The number of esters is 2. The van der Waals surface area contributed by atoms with E-state index in [1.165, 1.54) is 218 Å². The number of hydrogen-bond donors (Lipinski definition) is 2. The summed E-state index contributed by atoms with van der Waals surface area (Å²) in [5.74, 6) is -0.861. The zero-order chi connectivity index (χ0) is 42.5. The van der Waals surface area contributed by atoms with Crippen LogP contribution in [0.25, 0.3) is 0 Å². The van der Waals surface area contributed by atoms with Gasteiger partial charge >= 0.3 is 19.8 Å². The van der Waals surface area contributed by atoms with Gasteiger partial charge in [0.1, 0.15) is 6.61 Å². The van der Waals surface area contributed by atoms with Gasteiger partial charge in [0.2, 0.25) is 0 Å². The van der Waals surface area contributed by atoms with E-state index in [0.717, 1.165) is 32.1 Å². The van der Waals surface area contributed by atoms with Crippen LogP contribution in [0.2, 0.25) is 0 Å². The van der Waals surface area contributed by atoms with E-state index < -0.39 is 32.5 Å². The molecule has 0 heterocycles. The molecule has 0 aliphatic heterocycles. The molecule has 346 valence electrons. The summed E-state index contributed by atoms with van der Waals surface area (Å²) in [4.78, 5) is 43.1. The van der Waals surface area contributed by atoms with Crippen molar-refractivity contribution in [2.75, 3.05) is 13.2 Å². The predicted octanol–water partition coefficient (Wildman–Crippen LogP) is 16.0. The molecule has 0 aliphatic rings. The first-order valence-corrected chi connectivity index (χ1v) is 26.9. The van der Waals surface area contributed by atoms with Gasteiger partial charge in [0.25, 0.3) is 0 Å². The van der Waals surface area contributed by atoms with Crippen LogP contribution in [0.1, 0.15) is 284 Å². The number of hydrogen-bond acceptors (Lipinski definition) is 6. The molecule has 0 unspecified atom stereocenters. The number of unbranched alkanes of at least 4 members (excludes halogenated alkanes) is 38. The number of carbonyl (C=O) groups is 2. The molecule has 2 N–H and O–H groups in total. The molecular formula is C49H97O8P. The number of phosphoric acid groups is 1. The minimum atomic E-state index is -4.75. The Balaban J connectivity index is 3.76. The lowest BCUT2D eigenvalue weighted by atomic mass is 10.0. The van der Waals surface area contributed by atoms with Crippen molar-refractivity contribution in [1.29, 1.82) is 0 Å². The molecule has 0 fully saturated rings. The Kier molecular flexibility index (Phi) is 44.8. The van der Waals surface area contributed by atoms with Crippen LogP contribution < -0.4 is 0 Å². The highest BCUT2D eigenvalue weighted by atomic mass is 31.2. The summed E-state index contributed by atoms with van der Waals surface area (Å²) < 4.78 is 26.5. The zero-order valence-electron chi connectivity index (χ0n) is 38.5. The molecule has 0 spiro atoms. The van der Waals surface area contributed by atoms with Gasteiger partial charge in [-0.25, -0.2) is 4.57 Å². The van der Waals surface area contributed by atoms with Crippen molar-refractivity contribution in [3.63, 3.8) is 0 Å². The van der Waals surface area contributed by atoms with Gasteiger partial charge in [0, 0.05) is 12.8 Å². The first-order chi connectivity index (χ1) is 28.3. The third-order valence-corrected chi connectivity index (χ3v) is 12.1. The average Bonchev–Trinajstić information content (AvgIpc) is 3.20. The third-order valence-electron chi connectivity index (χ3n) is 11.6. The SMILES string of the molecule is CCCCCCCCCCCCCCCCCCCCCCCCC(=O)O[C@H](COC(=O)CCCCCCCCCCCCCCCCCCCC)COP(=O)(O)O. The van der Waals surface area contributed by atoms with Crippen molar-refractivity contribution in [3.05, 3.63) is 0 Å². The molecule has 0 bridgehead atoms. The second-order valence-electron chi connectivity index (χ2n) is 17.5. The standard InChI is InChI=1S/C49H97O8P/c1-3-5-7-9-11-13-15-17-19-21-23-24-25-26-28-30-32-34-36-38-40-42-44-49(51)57-47(46-56-58(52,53)54)45-55-48(50)43-41-39-37-35-33-31-29-27-22-20-18-16-14-12-10-8-6-4-2/h47H,3-46H2,1-2H3,(H2,52,53,54)/t47-/m1/s1. The fourth-order valence-electron chi connectivity index (χ4n) is 7.85. The van der Waals surface area contributed by atoms with Gasteiger partial charge in [0.05, 0.1) is 6.61 Å². The molecule has 58 heavy (non-hydrogen) atoms. The van der Waals surface area contributed by atoms with Crippen LogP contribution >= 0.6 is 7.82 Å². The molecular weight excluding hydrogens is 748 g/mol. The van der Waals surface area contributed by atoms with Crippen molar-refractivity contribution in [3.8, 4) is 0 Å². The zero-order valence-corrected chi connectivity index (χ0v) is 39.4. The van der Waals surface area contributed by atoms with Crippen molar-refractivity contribution < 1.29 is 37.9 Å². The fraction of sp³-hybridized carbons (Fsp3) is 0.959. The van der Waals surface area contributed by atoms with E-state index in [1.54, 1.807) is 0 Å². The highest BCUT2D eigenvalue weighted by molar-refractivity contribution is 7.46. The quantitative estimate of drug-likeness (QED) is 0.0353. The summed E-state index contributed by atoms with van der Waals surface area (Å²) in [7, 11) is -4.75. The third kappa shape index (κ3) is 47.7. The molecule has 0 saturated carbocycles. The molecule has 0 aromatic carbocycles. The van der Waals surface area contributed by atoms with Crippen LogP contribution in [0, 0.1) is 0 Å². The van der Waals surface area contributed by atoms with Crippen molar-refractivity contribution in [2.24, 2.45) is 0 Å².